The second-order valence-electron chi connectivity index (χ2n) is 10.1. The van der Waals surface area contributed by atoms with Crippen LogP contribution in [0, 0.1) is 20.8 Å². The van der Waals surface area contributed by atoms with Crippen LogP contribution in [-0.4, -0.2) is 15.0 Å². The normalized spacial score (nSPS) is 10.8. The lowest BCUT2D eigenvalue weighted by Crippen LogP contribution is -2.17. The molecular formula is C36H31N5. The maximum absolute atomic E-state index is 4.88. The molecule has 3 heterocycles. The number of nitrogens with zero attached hydrogens (tertiary/aromatic N) is 5. The van der Waals surface area contributed by atoms with E-state index in [0.29, 0.717) is 0 Å². The molecule has 0 spiro atoms. The van der Waals surface area contributed by atoms with Crippen molar-refractivity contribution in [2.75, 3.05) is 9.80 Å². The minimum absolute atomic E-state index is 0.835. The summed E-state index contributed by atoms with van der Waals surface area (Å²) in [6.45, 7) is 6.31. The molecule has 0 bridgehead atoms. The second-order valence-corrected chi connectivity index (χ2v) is 10.1. The minimum atomic E-state index is 0.835. The Kier molecular flexibility index (Phi) is 7.25. The second kappa shape index (κ2) is 11.4. The van der Waals surface area contributed by atoms with E-state index < -0.39 is 0 Å². The van der Waals surface area contributed by atoms with Crippen LogP contribution in [0.1, 0.15) is 16.7 Å². The zero-order valence-corrected chi connectivity index (χ0v) is 23.4. The predicted octanol–water partition coefficient (Wildman–Crippen LogP) is 9.40. The number of pyridine rings is 3. The fourth-order valence-corrected chi connectivity index (χ4v) is 5.05. The van der Waals surface area contributed by atoms with Crippen LogP contribution in [0.5, 0.6) is 0 Å². The third kappa shape index (κ3) is 5.43. The predicted molar refractivity (Wildman–Crippen MR) is 169 cm³/mol. The number of para-hydroxylation sites is 1. The summed E-state index contributed by atoms with van der Waals surface area (Å²) in [4.78, 5) is 18.6. The van der Waals surface area contributed by atoms with Gasteiger partial charge in [-0.2, -0.15) is 0 Å². The van der Waals surface area contributed by atoms with E-state index in [-0.39, 0.29) is 0 Å². The Hall–Kier alpha value is -5.29. The highest BCUT2D eigenvalue weighted by Gasteiger charge is 2.26. The van der Waals surface area contributed by atoms with E-state index >= 15 is 0 Å². The summed E-state index contributed by atoms with van der Waals surface area (Å²) in [6, 6.07) is 37.8. The van der Waals surface area contributed by atoms with Crippen LogP contribution in [-0.2, 0) is 0 Å². The summed E-state index contributed by atoms with van der Waals surface area (Å²) in [5, 5.41) is 0. The van der Waals surface area contributed by atoms with Gasteiger partial charge in [-0.25, -0.2) is 4.98 Å². The number of rotatable bonds is 7. The minimum Gasteiger partial charge on any atom is -0.310 e. The van der Waals surface area contributed by atoms with Gasteiger partial charge in [0, 0.05) is 47.4 Å². The van der Waals surface area contributed by atoms with Crippen LogP contribution in [0.15, 0.2) is 134 Å². The Labute approximate surface area is 241 Å². The van der Waals surface area contributed by atoms with E-state index in [1.807, 2.05) is 55.1 Å². The van der Waals surface area contributed by atoms with Crippen molar-refractivity contribution in [2.45, 2.75) is 20.8 Å². The van der Waals surface area contributed by atoms with Crippen LogP contribution in [0.2, 0.25) is 0 Å². The maximum atomic E-state index is 4.88. The maximum Gasteiger partial charge on any atom is 0.137 e. The Morgan fingerprint density at radius 2 is 1.12 bits per heavy atom. The topological polar surface area (TPSA) is 45.2 Å². The van der Waals surface area contributed by atoms with Gasteiger partial charge in [0.05, 0.1) is 17.1 Å². The Balaban J connectivity index is 1.70. The first-order chi connectivity index (χ1) is 20.1. The molecule has 5 nitrogen and oxygen atoms in total. The number of aryl methyl sites for hydroxylation is 3. The molecule has 0 aliphatic heterocycles. The van der Waals surface area contributed by atoms with Gasteiger partial charge in [0.2, 0.25) is 0 Å². The fourth-order valence-electron chi connectivity index (χ4n) is 5.05. The molecule has 0 saturated carbocycles. The standard InChI is InChI=1S/C36H31N5/c1-26-12-15-30(16-13-26)40(31-18-21-37-22-19-31)33-23-28(3)24-34(36(33)32-11-7-8-20-38-32)41(29-9-5-4-6-10-29)35-17-14-27(2)25-39-35/h4-25H,1-3H3. The highest BCUT2D eigenvalue weighted by molar-refractivity contribution is 5.97. The molecule has 0 aliphatic carbocycles. The summed E-state index contributed by atoms with van der Waals surface area (Å²) in [5.74, 6) is 0.835. The van der Waals surface area contributed by atoms with Crippen LogP contribution < -0.4 is 9.80 Å². The molecule has 0 amide bonds. The van der Waals surface area contributed by atoms with Crippen molar-refractivity contribution < 1.29 is 0 Å². The first kappa shape index (κ1) is 26.0. The van der Waals surface area contributed by atoms with Gasteiger partial charge in [-0.15, -0.1) is 0 Å². The van der Waals surface area contributed by atoms with E-state index in [4.69, 9.17) is 9.97 Å². The molecule has 6 aromatic rings. The van der Waals surface area contributed by atoms with Gasteiger partial charge in [0.15, 0.2) is 0 Å². The zero-order valence-electron chi connectivity index (χ0n) is 23.4. The molecule has 5 heteroatoms. The number of aromatic nitrogens is 3. The Morgan fingerprint density at radius 3 is 1.78 bits per heavy atom. The highest BCUT2D eigenvalue weighted by Crippen LogP contribution is 2.48. The average molecular weight is 534 g/mol. The largest absolute Gasteiger partial charge is 0.310 e. The number of hydrogen-bond donors (Lipinski definition) is 0. The molecule has 3 aromatic heterocycles. The van der Waals surface area contributed by atoms with Crippen molar-refractivity contribution in [3.8, 4) is 11.3 Å². The van der Waals surface area contributed by atoms with Crippen LogP contribution in [0.4, 0.5) is 34.3 Å². The lowest BCUT2D eigenvalue weighted by Gasteiger charge is -2.32. The first-order valence-electron chi connectivity index (χ1n) is 13.7. The van der Waals surface area contributed by atoms with Gasteiger partial charge in [0.25, 0.3) is 0 Å². The van der Waals surface area contributed by atoms with Crippen LogP contribution in [0.25, 0.3) is 11.3 Å². The number of anilines is 6. The lowest BCUT2D eigenvalue weighted by molar-refractivity contribution is 1.15. The summed E-state index contributed by atoms with van der Waals surface area (Å²) in [7, 11) is 0. The molecule has 3 aromatic carbocycles. The van der Waals surface area contributed by atoms with E-state index in [0.717, 1.165) is 56.6 Å². The summed E-state index contributed by atoms with van der Waals surface area (Å²) in [5.41, 5.74) is 10.4. The smallest absolute Gasteiger partial charge is 0.137 e. The van der Waals surface area contributed by atoms with Crippen LogP contribution >= 0.6 is 0 Å². The van der Waals surface area contributed by atoms with Gasteiger partial charge in [-0.1, -0.05) is 48.0 Å². The first-order valence-corrected chi connectivity index (χ1v) is 13.7. The molecule has 0 aliphatic rings. The summed E-state index contributed by atoms with van der Waals surface area (Å²) < 4.78 is 0. The van der Waals surface area contributed by atoms with Gasteiger partial charge >= 0.3 is 0 Å². The molecule has 0 saturated heterocycles. The van der Waals surface area contributed by atoms with Gasteiger partial charge in [0.1, 0.15) is 5.82 Å². The Morgan fingerprint density at radius 1 is 0.488 bits per heavy atom. The number of benzene rings is 3. The van der Waals surface area contributed by atoms with Gasteiger partial charge < -0.3 is 4.90 Å². The third-order valence-electron chi connectivity index (χ3n) is 7.00. The molecular weight excluding hydrogens is 502 g/mol. The zero-order chi connectivity index (χ0) is 28.2. The van der Waals surface area contributed by atoms with E-state index in [2.05, 4.69) is 114 Å². The average Bonchev–Trinajstić information content (AvgIpc) is 3.01. The van der Waals surface area contributed by atoms with Crippen molar-refractivity contribution in [3.05, 3.63) is 151 Å². The quantitative estimate of drug-likeness (QED) is 0.204. The van der Waals surface area contributed by atoms with Gasteiger partial charge in [-0.05, 0) is 98.6 Å². The fraction of sp³-hybridized carbons (Fsp3) is 0.0833. The molecule has 0 radical (unpaired) electrons. The SMILES string of the molecule is Cc1ccc(N(c2ccncc2)c2cc(C)cc(N(c3ccccc3)c3ccc(C)cn3)c2-c2ccccn2)cc1. The third-order valence-corrected chi connectivity index (χ3v) is 7.00. The molecule has 200 valence electrons. The Bertz CT molecular complexity index is 1620. The van der Waals surface area contributed by atoms with Crippen molar-refractivity contribution in [1.82, 2.24) is 15.0 Å². The molecule has 41 heavy (non-hydrogen) atoms. The van der Waals surface area contributed by atoms with E-state index in [1.165, 1.54) is 5.56 Å². The van der Waals surface area contributed by atoms with Crippen molar-refractivity contribution >= 4 is 34.3 Å². The molecule has 0 unspecified atom stereocenters. The molecule has 6 rings (SSSR count). The highest BCUT2D eigenvalue weighted by atomic mass is 15.2. The van der Waals surface area contributed by atoms with E-state index in [9.17, 15) is 0 Å². The number of hydrogen-bond acceptors (Lipinski definition) is 5. The summed E-state index contributed by atoms with van der Waals surface area (Å²) in [6.07, 6.45) is 7.43. The van der Waals surface area contributed by atoms with Crippen molar-refractivity contribution in [2.24, 2.45) is 0 Å². The molecule has 0 fully saturated rings. The van der Waals surface area contributed by atoms with Crippen LogP contribution in [0.3, 0.4) is 0 Å². The van der Waals surface area contributed by atoms with Crippen molar-refractivity contribution in [3.63, 3.8) is 0 Å². The van der Waals surface area contributed by atoms with Gasteiger partial charge in [-0.3, -0.25) is 14.9 Å². The molecule has 0 atom stereocenters. The lowest BCUT2D eigenvalue weighted by atomic mass is 9.99. The molecule has 0 N–H and O–H groups in total. The monoisotopic (exact) mass is 533 g/mol. The summed E-state index contributed by atoms with van der Waals surface area (Å²) >= 11 is 0. The van der Waals surface area contributed by atoms with Crippen molar-refractivity contribution in [1.29, 1.82) is 0 Å². The van der Waals surface area contributed by atoms with E-state index in [1.54, 1.807) is 0 Å².